The Morgan fingerprint density at radius 3 is 2.62 bits per heavy atom. The van der Waals surface area contributed by atoms with Crippen LogP contribution < -0.4 is 17.0 Å². The quantitative estimate of drug-likeness (QED) is 0.867. The molecule has 0 radical (unpaired) electrons. The Bertz CT molecular complexity index is 929. The van der Waals surface area contributed by atoms with Crippen molar-refractivity contribution in [3.05, 3.63) is 31.3 Å². The van der Waals surface area contributed by atoms with Crippen LogP contribution >= 0.6 is 11.3 Å². The molecule has 0 saturated heterocycles. The van der Waals surface area contributed by atoms with Crippen LogP contribution in [0.1, 0.15) is 50.6 Å². The zero-order chi connectivity index (χ0) is 17.8. The lowest BCUT2D eigenvalue weighted by Crippen LogP contribution is -2.41. The van der Waals surface area contributed by atoms with Crippen molar-refractivity contribution in [2.45, 2.75) is 53.0 Å². The summed E-state index contributed by atoms with van der Waals surface area (Å²) >= 11 is 1.49. The lowest BCUT2D eigenvalue weighted by Gasteiger charge is -2.33. The number of primary amides is 1. The van der Waals surface area contributed by atoms with E-state index in [1.807, 2.05) is 0 Å². The molecule has 2 heterocycles. The van der Waals surface area contributed by atoms with Gasteiger partial charge in [-0.05, 0) is 43.1 Å². The van der Waals surface area contributed by atoms with E-state index in [1.54, 1.807) is 0 Å². The molecule has 0 fully saturated rings. The molecular weight excluding hydrogens is 326 g/mol. The minimum Gasteiger partial charge on any atom is -0.368 e. The number of nitrogens with two attached hydrogens (primary N) is 1. The first-order valence-electron chi connectivity index (χ1n) is 8.19. The van der Waals surface area contributed by atoms with Gasteiger partial charge in [-0.2, -0.15) is 0 Å². The molecule has 6 nitrogen and oxygen atoms in total. The van der Waals surface area contributed by atoms with Gasteiger partial charge in [-0.25, -0.2) is 9.36 Å². The molecule has 0 bridgehead atoms. The number of hydrogen-bond donors (Lipinski definition) is 2. The van der Waals surface area contributed by atoms with Gasteiger partial charge in [-0.1, -0.05) is 20.8 Å². The van der Waals surface area contributed by atoms with Crippen LogP contribution in [0.25, 0.3) is 10.2 Å². The summed E-state index contributed by atoms with van der Waals surface area (Å²) in [6, 6.07) is -0.966. The highest BCUT2D eigenvalue weighted by atomic mass is 32.1. The van der Waals surface area contributed by atoms with Crippen molar-refractivity contribution in [3.8, 4) is 0 Å². The van der Waals surface area contributed by atoms with Crippen LogP contribution in [-0.4, -0.2) is 15.5 Å². The number of aryl methyl sites for hydroxylation is 1. The number of nitrogens with one attached hydrogen (secondary N) is 1. The molecule has 1 aliphatic carbocycles. The van der Waals surface area contributed by atoms with Crippen molar-refractivity contribution in [2.75, 3.05) is 0 Å². The molecule has 130 valence electrons. The van der Waals surface area contributed by atoms with Crippen molar-refractivity contribution in [3.63, 3.8) is 0 Å². The van der Waals surface area contributed by atoms with Crippen LogP contribution in [-0.2, 0) is 17.6 Å². The molecule has 7 heteroatoms. The lowest BCUT2D eigenvalue weighted by molar-refractivity contribution is -0.120. The van der Waals surface area contributed by atoms with Gasteiger partial charge in [0.1, 0.15) is 10.9 Å². The Balaban J connectivity index is 2.20. The molecule has 3 rings (SSSR count). The fourth-order valence-electron chi connectivity index (χ4n) is 3.49. The summed E-state index contributed by atoms with van der Waals surface area (Å²) in [5.41, 5.74) is 5.53. The standard InChI is InChI=1S/C17H23N3O3S/c1-8(13(18)21)20-15(22)12-10-6-5-9(17(2,3)4)7-11(10)24-14(12)19-16(20)23/h8-9H,5-7H2,1-4H3,(H2,18,21)(H,19,23). The highest BCUT2D eigenvalue weighted by Gasteiger charge is 2.32. The molecular formula is C17H23N3O3S. The first kappa shape index (κ1) is 17.0. The van der Waals surface area contributed by atoms with Crippen molar-refractivity contribution in [1.29, 1.82) is 0 Å². The van der Waals surface area contributed by atoms with Crippen LogP contribution in [0.2, 0.25) is 0 Å². The Hall–Kier alpha value is -1.89. The van der Waals surface area contributed by atoms with E-state index in [4.69, 9.17) is 5.73 Å². The second-order valence-electron chi connectivity index (χ2n) is 7.70. The highest BCUT2D eigenvalue weighted by Crippen LogP contribution is 2.41. The van der Waals surface area contributed by atoms with Gasteiger partial charge < -0.3 is 5.73 Å². The van der Waals surface area contributed by atoms with E-state index in [1.165, 1.54) is 23.1 Å². The van der Waals surface area contributed by atoms with Crippen molar-refractivity contribution >= 4 is 27.5 Å². The fraction of sp³-hybridized carbons (Fsp3) is 0.588. The Morgan fingerprint density at radius 2 is 2.04 bits per heavy atom. The second kappa shape index (κ2) is 5.58. The van der Waals surface area contributed by atoms with Gasteiger partial charge in [0.25, 0.3) is 5.56 Å². The van der Waals surface area contributed by atoms with Gasteiger partial charge in [-0.3, -0.25) is 14.6 Å². The summed E-state index contributed by atoms with van der Waals surface area (Å²) in [6.07, 6.45) is 2.76. The molecule has 3 N–H and O–H groups in total. The zero-order valence-corrected chi connectivity index (χ0v) is 15.3. The number of aromatic amines is 1. The summed E-state index contributed by atoms with van der Waals surface area (Å²) in [5, 5.41) is 0.551. The number of amides is 1. The zero-order valence-electron chi connectivity index (χ0n) is 14.4. The smallest absolute Gasteiger partial charge is 0.330 e. The third-order valence-corrected chi connectivity index (χ3v) is 6.33. The van der Waals surface area contributed by atoms with Gasteiger partial charge in [0.05, 0.1) is 5.39 Å². The second-order valence-corrected chi connectivity index (χ2v) is 8.80. The maximum absolute atomic E-state index is 12.8. The van der Waals surface area contributed by atoms with Crippen LogP contribution in [0, 0.1) is 11.3 Å². The predicted octanol–water partition coefficient (Wildman–Crippen LogP) is 1.95. The topological polar surface area (TPSA) is 97.9 Å². The number of fused-ring (bicyclic) bond motifs is 3. The predicted molar refractivity (Wildman–Crippen MR) is 95.6 cm³/mol. The summed E-state index contributed by atoms with van der Waals surface area (Å²) in [5.74, 6) is -0.143. The largest absolute Gasteiger partial charge is 0.368 e. The molecule has 0 saturated carbocycles. The maximum Gasteiger partial charge on any atom is 0.330 e. The summed E-state index contributed by atoms with van der Waals surface area (Å²) < 4.78 is 0.938. The molecule has 1 amide bonds. The van der Waals surface area contributed by atoms with Crippen LogP contribution in [0.5, 0.6) is 0 Å². The molecule has 0 spiro atoms. The van der Waals surface area contributed by atoms with E-state index in [-0.39, 0.29) is 5.41 Å². The molecule has 24 heavy (non-hydrogen) atoms. The molecule has 2 atom stereocenters. The average Bonchev–Trinajstić information content (AvgIpc) is 2.82. The maximum atomic E-state index is 12.8. The number of nitrogens with zero attached hydrogens (tertiary/aromatic N) is 1. The third-order valence-electron chi connectivity index (χ3n) is 5.16. The van der Waals surface area contributed by atoms with Gasteiger partial charge in [0.15, 0.2) is 0 Å². The molecule has 2 aromatic rings. The molecule has 0 aliphatic heterocycles. The number of carbonyl (C=O) groups is 1. The van der Waals surface area contributed by atoms with E-state index >= 15 is 0 Å². The van der Waals surface area contributed by atoms with E-state index in [0.717, 1.165) is 29.4 Å². The average molecular weight is 349 g/mol. The van der Waals surface area contributed by atoms with Crippen molar-refractivity contribution < 1.29 is 4.79 Å². The van der Waals surface area contributed by atoms with Gasteiger partial charge >= 0.3 is 5.69 Å². The number of aromatic nitrogens is 2. The Labute approximate surface area is 143 Å². The Kier molecular flexibility index (Phi) is 3.94. The lowest BCUT2D eigenvalue weighted by atomic mass is 9.72. The first-order chi connectivity index (χ1) is 11.1. The monoisotopic (exact) mass is 349 g/mol. The third kappa shape index (κ3) is 2.60. The number of thiophene rings is 1. The van der Waals surface area contributed by atoms with E-state index in [0.29, 0.717) is 16.1 Å². The fourth-order valence-corrected chi connectivity index (χ4v) is 4.80. The Morgan fingerprint density at radius 1 is 1.38 bits per heavy atom. The number of carbonyl (C=O) groups excluding carboxylic acids is 1. The number of rotatable bonds is 2. The molecule has 2 unspecified atom stereocenters. The molecule has 0 aromatic carbocycles. The van der Waals surface area contributed by atoms with Crippen molar-refractivity contribution in [1.82, 2.24) is 9.55 Å². The van der Waals surface area contributed by atoms with Crippen LogP contribution in [0.4, 0.5) is 0 Å². The minimum absolute atomic E-state index is 0.210. The van der Waals surface area contributed by atoms with Gasteiger partial charge in [-0.15, -0.1) is 11.3 Å². The van der Waals surface area contributed by atoms with E-state index < -0.39 is 23.2 Å². The molecule has 2 aromatic heterocycles. The number of H-pyrrole nitrogens is 1. The summed E-state index contributed by atoms with van der Waals surface area (Å²) in [6.45, 7) is 8.18. The van der Waals surface area contributed by atoms with Crippen LogP contribution in [0.15, 0.2) is 9.59 Å². The first-order valence-corrected chi connectivity index (χ1v) is 9.01. The van der Waals surface area contributed by atoms with E-state index in [2.05, 4.69) is 25.8 Å². The van der Waals surface area contributed by atoms with E-state index in [9.17, 15) is 14.4 Å². The van der Waals surface area contributed by atoms with Crippen LogP contribution in [0.3, 0.4) is 0 Å². The van der Waals surface area contributed by atoms with Crippen molar-refractivity contribution in [2.24, 2.45) is 17.1 Å². The van der Waals surface area contributed by atoms with Gasteiger partial charge in [0, 0.05) is 4.88 Å². The minimum atomic E-state index is -0.966. The summed E-state index contributed by atoms with van der Waals surface area (Å²) in [4.78, 5) is 41.1. The summed E-state index contributed by atoms with van der Waals surface area (Å²) in [7, 11) is 0. The molecule has 1 aliphatic rings. The SMILES string of the molecule is CC(C(N)=O)n1c(=O)[nH]c2sc3c(c2c1=O)CCC(C(C)(C)C)C3. The van der Waals surface area contributed by atoms with Gasteiger partial charge in [0.2, 0.25) is 5.91 Å². The normalized spacial score (nSPS) is 19.2. The number of hydrogen-bond acceptors (Lipinski definition) is 4. The highest BCUT2D eigenvalue weighted by molar-refractivity contribution is 7.18.